The fourth-order valence-electron chi connectivity index (χ4n) is 2.99. The van der Waals surface area contributed by atoms with Crippen molar-refractivity contribution in [3.8, 4) is 0 Å². The van der Waals surface area contributed by atoms with E-state index in [4.69, 9.17) is 5.73 Å². The molecule has 17 heavy (non-hydrogen) atoms. The van der Waals surface area contributed by atoms with Crippen LogP contribution in [0.2, 0.25) is 0 Å². The van der Waals surface area contributed by atoms with E-state index < -0.39 is 0 Å². The van der Waals surface area contributed by atoms with E-state index in [1.165, 1.54) is 0 Å². The number of hydrogen-bond donors (Lipinski definition) is 1. The Hall–Kier alpha value is -0.940. The van der Waals surface area contributed by atoms with Crippen LogP contribution in [0.15, 0.2) is 6.33 Å². The number of rotatable bonds is 2. The molecule has 0 spiro atoms. The van der Waals surface area contributed by atoms with E-state index in [2.05, 4.69) is 47.4 Å². The van der Waals surface area contributed by atoms with Crippen molar-refractivity contribution in [1.29, 1.82) is 0 Å². The van der Waals surface area contributed by atoms with Gasteiger partial charge in [-0.2, -0.15) is 0 Å². The molecule has 2 rings (SSSR count). The smallest absolute Gasteiger partial charge is 0.147 e. The Kier molecular flexibility index (Phi) is 3.23. The highest BCUT2D eigenvalue weighted by Crippen LogP contribution is 2.28. The quantitative estimate of drug-likeness (QED) is 0.828. The van der Waals surface area contributed by atoms with Gasteiger partial charge in [0.2, 0.25) is 0 Å². The van der Waals surface area contributed by atoms with Gasteiger partial charge in [0.25, 0.3) is 0 Å². The molecule has 1 aliphatic heterocycles. The maximum atomic E-state index is 6.16. The summed E-state index contributed by atoms with van der Waals surface area (Å²) in [6, 6.07) is 0.525. The van der Waals surface area contributed by atoms with E-state index in [-0.39, 0.29) is 11.5 Å². The van der Waals surface area contributed by atoms with Crippen molar-refractivity contribution in [2.75, 3.05) is 6.54 Å². The van der Waals surface area contributed by atoms with Crippen molar-refractivity contribution in [2.45, 2.75) is 52.9 Å². The number of aromatic nitrogens is 3. The summed E-state index contributed by atoms with van der Waals surface area (Å²) in [4.78, 5) is 2.44. The zero-order valence-electron chi connectivity index (χ0n) is 11.2. The fraction of sp³-hybridized carbons (Fsp3) is 0.833. The molecule has 0 saturated heterocycles. The lowest BCUT2D eigenvalue weighted by Gasteiger charge is -2.44. The SMILES string of the molecule is CC(N)C(N1CCn2cnnc2C1)C(C)(C)C. The summed E-state index contributed by atoms with van der Waals surface area (Å²) in [6.45, 7) is 11.7. The molecular weight excluding hydrogens is 214 g/mol. The molecule has 0 amide bonds. The van der Waals surface area contributed by atoms with Crippen LogP contribution in [0.1, 0.15) is 33.5 Å². The van der Waals surface area contributed by atoms with Crippen molar-refractivity contribution in [1.82, 2.24) is 19.7 Å². The van der Waals surface area contributed by atoms with Crippen molar-refractivity contribution < 1.29 is 0 Å². The van der Waals surface area contributed by atoms with Crippen LogP contribution in [0.25, 0.3) is 0 Å². The highest BCUT2D eigenvalue weighted by atomic mass is 15.3. The van der Waals surface area contributed by atoms with Gasteiger partial charge in [0.1, 0.15) is 12.2 Å². The van der Waals surface area contributed by atoms with E-state index in [0.717, 1.165) is 25.5 Å². The molecule has 0 fully saturated rings. The van der Waals surface area contributed by atoms with E-state index in [1.54, 1.807) is 0 Å². The van der Waals surface area contributed by atoms with E-state index in [1.807, 2.05) is 6.33 Å². The molecule has 5 heteroatoms. The van der Waals surface area contributed by atoms with Crippen LogP contribution < -0.4 is 5.73 Å². The average molecular weight is 237 g/mol. The normalized spacial score (nSPS) is 21.0. The minimum Gasteiger partial charge on any atom is -0.327 e. The van der Waals surface area contributed by atoms with Gasteiger partial charge in [-0.15, -0.1) is 10.2 Å². The van der Waals surface area contributed by atoms with Crippen molar-refractivity contribution in [3.05, 3.63) is 12.2 Å². The molecular formula is C12H23N5. The molecule has 2 N–H and O–H groups in total. The van der Waals surface area contributed by atoms with Gasteiger partial charge in [0.15, 0.2) is 0 Å². The minimum atomic E-state index is 0.157. The van der Waals surface area contributed by atoms with Crippen molar-refractivity contribution in [3.63, 3.8) is 0 Å². The molecule has 0 bridgehead atoms. The Labute approximate surface area is 103 Å². The van der Waals surface area contributed by atoms with Gasteiger partial charge in [0, 0.05) is 25.2 Å². The summed E-state index contributed by atoms with van der Waals surface area (Å²) in [5.74, 6) is 1.05. The first-order valence-corrected chi connectivity index (χ1v) is 6.26. The zero-order valence-corrected chi connectivity index (χ0v) is 11.2. The van der Waals surface area contributed by atoms with Gasteiger partial charge < -0.3 is 10.3 Å². The molecule has 0 aromatic carbocycles. The lowest BCUT2D eigenvalue weighted by atomic mass is 9.81. The van der Waals surface area contributed by atoms with E-state index in [0.29, 0.717) is 6.04 Å². The van der Waals surface area contributed by atoms with Gasteiger partial charge in [-0.1, -0.05) is 20.8 Å². The molecule has 5 nitrogen and oxygen atoms in total. The Morgan fingerprint density at radius 2 is 2.06 bits per heavy atom. The lowest BCUT2D eigenvalue weighted by Crippen LogP contribution is -2.55. The van der Waals surface area contributed by atoms with E-state index >= 15 is 0 Å². The molecule has 2 unspecified atom stereocenters. The monoisotopic (exact) mass is 237 g/mol. The van der Waals surface area contributed by atoms with Crippen LogP contribution in [-0.4, -0.2) is 38.3 Å². The van der Waals surface area contributed by atoms with Gasteiger partial charge >= 0.3 is 0 Å². The number of fused-ring (bicyclic) bond motifs is 1. The lowest BCUT2D eigenvalue weighted by molar-refractivity contribution is 0.0573. The Balaban J connectivity index is 2.18. The molecule has 1 aromatic rings. The van der Waals surface area contributed by atoms with Crippen LogP contribution in [0.4, 0.5) is 0 Å². The maximum Gasteiger partial charge on any atom is 0.147 e. The molecule has 96 valence electrons. The summed E-state index contributed by atoms with van der Waals surface area (Å²) >= 11 is 0. The number of hydrogen-bond acceptors (Lipinski definition) is 4. The molecule has 2 atom stereocenters. The van der Waals surface area contributed by atoms with Crippen LogP contribution in [0.5, 0.6) is 0 Å². The van der Waals surface area contributed by atoms with Crippen LogP contribution in [0.3, 0.4) is 0 Å². The van der Waals surface area contributed by atoms with Crippen LogP contribution >= 0.6 is 0 Å². The Morgan fingerprint density at radius 3 is 2.65 bits per heavy atom. The summed E-state index contributed by atoms with van der Waals surface area (Å²) in [7, 11) is 0. The highest BCUT2D eigenvalue weighted by molar-refractivity contribution is 4.96. The molecule has 2 heterocycles. The summed E-state index contributed by atoms with van der Waals surface area (Å²) in [5, 5.41) is 8.12. The van der Waals surface area contributed by atoms with Crippen molar-refractivity contribution >= 4 is 0 Å². The Bertz CT molecular complexity index is 376. The first-order valence-electron chi connectivity index (χ1n) is 6.26. The predicted molar refractivity (Wildman–Crippen MR) is 67.3 cm³/mol. The summed E-state index contributed by atoms with van der Waals surface area (Å²) in [6.07, 6.45) is 1.81. The predicted octanol–water partition coefficient (Wildman–Crippen LogP) is 0.856. The van der Waals surface area contributed by atoms with Crippen LogP contribution in [0, 0.1) is 5.41 Å². The second-order valence-corrected chi connectivity index (χ2v) is 6.08. The van der Waals surface area contributed by atoms with Gasteiger partial charge in [0.05, 0.1) is 6.54 Å². The van der Waals surface area contributed by atoms with Gasteiger partial charge in [-0.25, -0.2) is 0 Å². The van der Waals surface area contributed by atoms with E-state index in [9.17, 15) is 0 Å². The first-order chi connectivity index (χ1) is 7.89. The third-order valence-corrected chi connectivity index (χ3v) is 3.45. The second kappa shape index (κ2) is 4.38. The summed E-state index contributed by atoms with van der Waals surface area (Å²) in [5.41, 5.74) is 6.34. The molecule has 0 aliphatic carbocycles. The second-order valence-electron chi connectivity index (χ2n) is 6.08. The Morgan fingerprint density at radius 1 is 1.35 bits per heavy atom. The topological polar surface area (TPSA) is 60.0 Å². The highest BCUT2D eigenvalue weighted by Gasteiger charge is 2.35. The molecule has 1 aromatic heterocycles. The molecule has 0 saturated carbocycles. The van der Waals surface area contributed by atoms with Crippen LogP contribution in [-0.2, 0) is 13.1 Å². The van der Waals surface area contributed by atoms with Gasteiger partial charge in [-0.3, -0.25) is 4.90 Å². The third kappa shape index (κ3) is 2.50. The van der Waals surface area contributed by atoms with Crippen molar-refractivity contribution in [2.24, 2.45) is 11.1 Å². The standard InChI is InChI=1S/C12H23N5/c1-9(13)11(12(2,3)4)16-5-6-17-8-14-15-10(17)7-16/h8-9,11H,5-7,13H2,1-4H3. The summed E-state index contributed by atoms with van der Waals surface area (Å²) < 4.78 is 2.12. The number of nitrogens with zero attached hydrogens (tertiary/aromatic N) is 4. The van der Waals surface area contributed by atoms with Gasteiger partial charge in [-0.05, 0) is 12.3 Å². The average Bonchev–Trinajstić information content (AvgIpc) is 2.61. The maximum absolute atomic E-state index is 6.16. The minimum absolute atomic E-state index is 0.157. The fourth-order valence-corrected chi connectivity index (χ4v) is 2.99. The molecule has 1 aliphatic rings. The third-order valence-electron chi connectivity index (χ3n) is 3.45. The molecule has 0 radical (unpaired) electrons. The zero-order chi connectivity index (χ0) is 12.6. The largest absolute Gasteiger partial charge is 0.327 e. The number of nitrogens with two attached hydrogens (primary N) is 1. The first kappa shape index (κ1) is 12.5.